The normalized spacial score (nSPS) is 21.8. The third-order valence-corrected chi connectivity index (χ3v) is 12.4. The summed E-state index contributed by atoms with van der Waals surface area (Å²) in [6.07, 6.45) is 4.32. The van der Waals surface area contributed by atoms with Crippen LogP contribution in [0.1, 0.15) is 62.9 Å². The highest BCUT2D eigenvalue weighted by atomic mass is 35.5. The van der Waals surface area contributed by atoms with Crippen molar-refractivity contribution in [1.82, 2.24) is 34.6 Å². The number of carbonyl (C=O) groups excluding carboxylic acids is 1. The zero-order valence-corrected chi connectivity index (χ0v) is 30.6. The molecule has 50 heavy (non-hydrogen) atoms. The van der Waals surface area contributed by atoms with Crippen LogP contribution < -0.4 is 15.0 Å². The summed E-state index contributed by atoms with van der Waals surface area (Å²) in [6.45, 7) is 13.2. The maximum atomic E-state index is 14.4. The second-order valence-corrected chi connectivity index (χ2v) is 16.5. The van der Waals surface area contributed by atoms with Crippen LogP contribution in [0.5, 0.6) is 11.6 Å². The molecule has 7 rings (SSSR count). The van der Waals surface area contributed by atoms with Crippen molar-refractivity contribution in [3.05, 3.63) is 65.7 Å². The number of piperidine rings is 1. The molecule has 0 saturated carbocycles. The lowest BCUT2D eigenvalue weighted by atomic mass is 9.72. The van der Waals surface area contributed by atoms with Gasteiger partial charge >= 0.3 is 0 Å². The van der Waals surface area contributed by atoms with Crippen LogP contribution in [-0.4, -0.2) is 107 Å². The monoisotopic (exact) mass is 728 g/mol. The molecule has 4 saturated heterocycles. The van der Waals surface area contributed by atoms with Gasteiger partial charge in [-0.1, -0.05) is 12.1 Å². The number of anilines is 1. The standard InChI is InChI=1S/C35H45FN8O4S.ClH/c1-23(2)44(24(3)4)34(45)30-15-26(36)7-10-31(30)48-33-32(38-22-39-40-33)42-20-35(21-42)11-13-41(14-12-35)18-25-5-8-29(9-6-25)49(46,47)43-19-27-16-28(43)17-37-27;/h5-10,15,22-24,27-28,37H,11-14,16-21H2,1-4H3;1H/t27-,28-;/m0./s1. The highest BCUT2D eigenvalue weighted by molar-refractivity contribution is 7.89. The number of nitrogens with one attached hydrogen (secondary N) is 1. The Morgan fingerprint density at radius 2 is 1.78 bits per heavy atom. The van der Waals surface area contributed by atoms with Crippen molar-refractivity contribution in [2.24, 2.45) is 5.41 Å². The van der Waals surface area contributed by atoms with Crippen LogP contribution in [0.15, 0.2) is 53.7 Å². The third-order valence-electron chi connectivity index (χ3n) is 10.5. The molecule has 1 N–H and O–H groups in total. The van der Waals surface area contributed by atoms with Crippen molar-refractivity contribution in [2.75, 3.05) is 44.2 Å². The number of amides is 1. The molecule has 15 heteroatoms. The van der Waals surface area contributed by atoms with Crippen LogP contribution in [0.3, 0.4) is 0 Å². The Hall–Kier alpha value is -3.43. The highest BCUT2D eigenvalue weighted by Gasteiger charge is 2.47. The van der Waals surface area contributed by atoms with E-state index in [0.717, 1.165) is 64.1 Å². The van der Waals surface area contributed by atoms with Crippen LogP contribution in [-0.2, 0) is 16.6 Å². The Morgan fingerprint density at radius 3 is 2.40 bits per heavy atom. The number of likely N-dealkylation sites (tertiary alicyclic amines) is 1. The molecule has 5 heterocycles. The van der Waals surface area contributed by atoms with Crippen LogP contribution in [0, 0.1) is 11.2 Å². The van der Waals surface area contributed by atoms with Crippen molar-refractivity contribution < 1.29 is 22.3 Å². The zero-order chi connectivity index (χ0) is 34.5. The van der Waals surface area contributed by atoms with Crippen LogP contribution >= 0.6 is 12.4 Å². The van der Waals surface area contributed by atoms with Gasteiger partial charge in [0.15, 0.2) is 5.82 Å². The maximum Gasteiger partial charge on any atom is 0.282 e. The Balaban J connectivity index is 0.00000432. The summed E-state index contributed by atoms with van der Waals surface area (Å²) >= 11 is 0. The van der Waals surface area contributed by atoms with Gasteiger partial charge in [-0.3, -0.25) is 9.69 Å². The Kier molecular flexibility index (Phi) is 10.4. The van der Waals surface area contributed by atoms with E-state index >= 15 is 0 Å². The number of piperazine rings is 1. The molecule has 4 aliphatic heterocycles. The summed E-state index contributed by atoms with van der Waals surface area (Å²) in [6, 6.07) is 11.5. The molecule has 2 bridgehead atoms. The lowest BCUT2D eigenvalue weighted by molar-refractivity contribution is 0.0640. The molecular formula is C35H46ClFN8O4S. The van der Waals surface area contributed by atoms with E-state index in [0.29, 0.717) is 17.3 Å². The van der Waals surface area contributed by atoms with E-state index in [1.807, 2.05) is 39.8 Å². The Labute approximate surface area is 299 Å². The predicted molar refractivity (Wildman–Crippen MR) is 190 cm³/mol. The van der Waals surface area contributed by atoms with Gasteiger partial charge in [0.2, 0.25) is 10.0 Å². The average Bonchev–Trinajstić information content (AvgIpc) is 3.70. The van der Waals surface area contributed by atoms with Gasteiger partial charge in [-0.05, 0) is 95.9 Å². The number of sulfonamides is 1. The molecule has 1 aromatic heterocycles. The van der Waals surface area contributed by atoms with Gasteiger partial charge in [0.25, 0.3) is 11.8 Å². The van der Waals surface area contributed by atoms with E-state index in [1.165, 1.54) is 24.5 Å². The first kappa shape index (κ1) is 36.4. The van der Waals surface area contributed by atoms with Gasteiger partial charge in [-0.25, -0.2) is 17.8 Å². The van der Waals surface area contributed by atoms with Crippen molar-refractivity contribution in [3.63, 3.8) is 0 Å². The average molecular weight is 729 g/mol. The minimum Gasteiger partial charge on any atom is -0.434 e. The molecular weight excluding hydrogens is 683 g/mol. The van der Waals surface area contributed by atoms with E-state index < -0.39 is 15.8 Å². The van der Waals surface area contributed by atoms with Gasteiger partial charge in [-0.15, -0.1) is 22.6 Å². The second kappa shape index (κ2) is 14.3. The molecule has 0 aliphatic carbocycles. The fourth-order valence-electron chi connectivity index (χ4n) is 8.00. The minimum absolute atomic E-state index is 0. The van der Waals surface area contributed by atoms with E-state index in [2.05, 4.69) is 30.3 Å². The quantitative estimate of drug-likeness (QED) is 0.323. The summed E-state index contributed by atoms with van der Waals surface area (Å²) < 4.78 is 48.7. The number of hydrogen-bond acceptors (Lipinski definition) is 10. The lowest BCUT2D eigenvalue weighted by Gasteiger charge is -2.54. The third kappa shape index (κ3) is 7.05. The number of rotatable bonds is 10. The highest BCUT2D eigenvalue weighted by Crippen LogP contribution is 2.44. The molecule has 0 unspecified atom stereocenters. The molecule has 2 atom stereocenters. The number of carbonyl (C=O) groups is 1. The van der Waals surface area contributed by atoms with Crippen LogP contribution in [0.25, 0.3) is 0 Å². The van der Waals surface area contributed by atoms with Gasteiger partial charge in [0, 0.05) is 62.3 Å². The first-order chi connectivity index (χ1) is 23.4. The number of halogens is 2. The lowest BCUT2D eigenvalue weighted by Crippen LogP contribution is -2.60. The zero-order valence-electron chi connectivity index (χ0n) is 29.0. The maximum absolute atomic E-state index is 14.4. The largest absolute Gasteiger partial charge is 0.434 e. The number of ether oxygens (including phenoxy) is 1. The molecule has 4 fully saturated rings. The van der Waals surface area contributed by atoms with E-state index in [-0.39, 0.29) is 65.1 Å². The van der Waals surface area contributed by atoms with Gasteiger partial charge in [0.05, 0.1) is 10.5 Å². The molecule has 4 aliphatic rings. The fraction of sp³-hybridized carbons (Fsp3) is 0.543. The second-order valence-electron chi connectivity index (χ2n) is 14.6. The summed E-state index contributed by atoms with van der Waals surface area (Å²) in [4.78, 5) is 24.6. The Morgan fingerprint density at radius 1 is 1.08 bits per heavy atom. The smallest absolute Gasteiger partial charge is 0.282 e. The van der Waals surface area contributed by atoms with Crippen molar-refractivity contribution >= 4 is 34.2 Å². The van der Waals surface area contributed by atoms with E-state index in [9.17, 15) is 17.6 Å². The summed E-state index contributed by atoms with van der Waals surface area (Å²) in [7, 11) is -3.48. The number of benzene rings is 2. The molecule has 1 amide bonds. The molecule has 12 nitrogen and oxygen atoms in total. The van der Waals surface area contributed by atoms with E-state index in [4.69, 9.17) is 4.74 Å². The van der Waals surface area contributed by atoms with Crippen LogP contribution in [0.2, 0.25) is 0 Å². The van der Waals surface area contributed by atoms with Gasteiger partial charge in [0.1, 0.15) is 17.9 Å². The molecule has 3 aromatic rings. The number of hydrogen-bond donors (Lipinski definition) is 1. The number of nitrogens with zero attached hydrogens (tertiary/aromatic N) is 7. The summed E-state index contributed by atoms with van der Waals surface area (Å²) in [5, 5.41) is 11.5. The fourth-order valence-corrected chi connectivity index (χ4v) is 9.68. The first-order valence-electron chi connectivity index (χ1n) is 17.2. The molecule has 2 aromatic carbocycles. The topological polar surface area (TPSA) is 124 Å². The number of aromatic nitrogens is 3. The van der Waals surface area contributed by atoms with E-state index in [1.54, 1.807) is 21.3 Å². The summed E-state index contributed by atoms with van der Waals surface area (Å²) in [5.41, 5.74) is 1.37. The molecule has 1 spiro atoms. The predicted octanol–water partition coefficient (Wildman–Crippen LogP) is 4.32. The minimum atomic E-state index is -3.48. The SMILES string of the molecule is CC(C)N(C(=O)c1cc(F)ccc1Oc1nncnc1N1CC2(CCN(Cc3ccc(S(=O)(=O)N4C[C@@H]5C[C@H]4CN5)cc3)CC2)C1)C(C)C.Cl. The van der Waals surface area contributed by atoms with Crippen molar-refractivity contribution in [3.8, 4) is 11.6 Å². The van der Waals surface area contributed by atoms with Crippen molar-refractivity contribution in [1.29, 1.82) is 0 Å². The molecule has 270 valence electrons. The molecule has 0 radical (unpaired) electrons. The Bertz CT molecular complexity index is 1790. The van der Waals surface area contributed by atoms with Gasteiger partial charge in [-0.2, -0.15) is 4.31 Å². The van der Waals surface area contributed by atoms with Crippen LogP contribution in [0.4, 0.5) is 10.2 Å². The first-order valence-corrected chi connectivity index (χ1v) is 18.7. The summed E-state index contributed by atoms with van der Waals surface area (Å²) in [5.74, 6) is 0.0817. The number of fused-ring (bicyclic) bond motifs is 2. The van der Waals surface area contributed by atoms with Gasteiger partial charge < -0.3 is 19.9 Å². The van der Waals surface area contributed by atoms with Crippen molar-refractivity contribution in [2.45, 2.75) is 82.6 Å².